The Labute approximate surface area is 179 Å². The molecule has 0 fully saturated rings. The van der Waals surface area contributed by atoms with Crippen LogP contribution in [0.15, 0.2) is 59.6 Å². The average Bonchev–Trinajstić information content (AvgIpc) is 3.49. The molecule has 0 atom stereocenters. The Balaban J connectivity index is 1.43. The van der Waals surface area contributed by atoms with Gasteiger partial charge in [-0.3, -0.25) is 9.36 Å². The van der Waals surface area contributed by atoms with Gasteiger partial charge in [0.2, 0.25) is 0 Å². The highest BCUT2D eigenvalue weighted by Gasteiger charge is 2.13. The highest BCUT2D eigenvalue weighted by molar-refractivity contribution is 5.92. The molecule has 0 aliphatic heterocycles. The SMILES string of the molecule is CCOc1ccc(CNC(=O)c2cn(-c3cc(-c4nc(CC)no4)ccn3)cn2)cc1. The molecule has 1 N–H and O–H groups in total. The summed E-state index contributed by atoms with van der Waals surface area (Å²) >= 11 is 0. The van der Waals surface area contributed by atoms with E-state index in [1.54, 1.807) is 35.4 Å². The fraction of sp³-hybridized carbons (Fsp3) is 0.227. The molecule has 0 saturated carbocycles. The molecule has 0 unspecified atom stereocenters. The molecule has 4 rings (SSSR count). The smallest absolute Gasteiger partial charge is 0.271 e. The summed E-state index contributed by atoms with van der Waals surface area (Å²) in [5.41, 5.74) is 2.01. The summed E-state index contributed by atoms with van der Waals surface area (Å²) in [6.07, 6.45) is 5.51. The molecule has 3 aromatic heterocycles. The molecule has 1 amide bonds. The van der Waals surface area contributed by atoms with Crippen molar-refractivity contribution in [2.75, 3.05) is 6.61 Å². The van der Waals surface area contributed by atoms with Crippen LogP contribution in [-0.4, -0.2) is 37.2 Å². The monoisotopic (exact) mass is 418 g/mol. The van der Waals surface area contributed by atoms with Gasteiger partial charge >= 0.3 is 0 Å². The number of nitrogens with zero attached hydrogens (tertiary/aromatic N) is 5. The number of ether oxygens (including phenoxy) is 1. The van der Waals surface area contributed by atoms with Crippen molar-refractivity contribution in [3.05, 3.63) is 72.2 Å². The number of rotatable bonds is 8. The van der Waals surface area contributed by atoms with E-state index in [2.05, 4.69) is 25.4 Å². The van der Waals surface area contributed by atoms with Crippen LogP contribution in [-0.2, 0) is 13.0 Å². The maximum Gasteiger partial charge on any atom is 0.271 e. The number of imidazole rings is 1. The molecule has 31 heavy (non-hydrogen) atoms. The number of pyridine rings is 1. The zero-order valence-electron chi connectivity index (χ0n) is 17.3. The van der Waals surface area contributed by atoms with Crippen molar-refractivity contribution >= 4 is 5.91 Å². The van der Waals surface area contributed by atoms with Crippen LogP contribution in [0.3, 0.4) is 0 Å². The first-order chi connectivity index (χ1) is 15.2. The van der Waals surface area contributed by atoms with Gasteiger partial charge in [0.25, 0.3) is 11.8 Å². The lowest BCUT2D eigenvalue weighted by atomic mass is 10.2. The number of nitrogens with one attached hydrogen (secondary N) is 1. The van der Waals surface area contributed by atoms with Crippen LogP contribution < -0.4 is 10.1 Å². The summed E-state index contributed by atoms with van der Waals surface area (Å²) in [6, 6.07) is 11.2. The van der Waals surface area contributed by atoms with Crippen LogP contribution in [0.1, 0.15) is 35.7 Å². The molecule has 4 aromatic rings. The average molecular weight is 418 g/mol. The second kappa shape index (κ2) is 9.21. The highest BCUT2D eigenvalue weighted by Crippen LogP contribution is 2.19. The van der Waals surface area contributed by atoms with Gasteiger partial charge < -0.3 is 14.6 Å². The van der Waals surface area contributed by atoms with Gasteiger partial charge in [0.15, 0.2) is 5.82 Å². The van der Waals surface area contributed by atoms with Crippen molar-refractivity contribution in [1.82, 2.24) is 30.0 Å². The third kappa shape index (κ3) is 4.77. The molecule has 0 bridgehead atoms. The van der Waals surface area contributed by atoms with Crippen LogP contribution in [0.4, 0.5) is 0 Å². The number of hydrogen-bond donors (Lipinski definition) is 1. The Hall–Kier alpha value is -4.01. The van der Waals surface area contributed by atoms with E-state index in [9.17, 15) is 4.79 Å². The molecule has 9 heteroatoms. The van der Waals surface area contributed by atoms with Gasteiger partial charge in [0, 0.05) is 30.9 Å². The molecule has 0 aliphatic rings. The molecule has 1 aromatic carbocycles. The minimum absolute atomic E-state index is 0.270. The van der Waals surface area contributed by atoms with Crippen molar-refractivity contribution in [3.63, 3.8) is 0 Å². The zero-order valence-corrected chi connectivity index (χ0v) is 17.3. The fourth-order valence-electron chi connectivity index (χ4n) is 2.92. The quantitative estimate of drug-likeness (QED) is 0.468. The molecule has 3 heterocycles. The molecular formula is C22H22N6O3. The van der Waals surface area contributed by atoms with Crippen molar-refractivity contribution in [2.45, 2.75) is 26.8 Å². The Morgan fingerprint density at radius 1 is 1.16 bits per heavy atom. The number of amides is 1. The summed E-state index contributed by atoms with van der Waals surface area (Å²) in [4.78, 5) is 25.4. The van der Waals surface area contributed by atoms with E-state index in [4.69, 9.17) is 9.26 Å². The third-order valence-electron chi connectivity index (χ3n) is 4.54. The van der Waals surface area contributed by atoms with Gasteiger partial charge in [-0.05, 0) is 36.8 Å². The lowest BCUT2D eigenvalue weighted by molar-refractivity contribution is 0.0946. The van der Waals surface area contributed by atoms with E-state index in [1.165, 1.54) is 0 Å². The summed E-state index contributed by atoms with van der Waals surface area (Å²) in [5.74, 6) is 2.19. The van der Waals surface area contributed by atoms with E-state index in [0.29, 0.717) is 42.8 Å². The summed E-state index contributed by atoms with van der Waals surface area (Å²) in [5, 5.41) is 6.78. The second-order valence-corrected chi connectivity index (χ2v) is 6.70. The van der Waals surface area contributed by atoms with E-state index < -0.39 is 0 Å². The predicted octanol–water partition coefficient (Wildman–Crippen LogP) is 3.21. The van der Waals surface area contributed by atoms with Crippen molar-refractivity contribution in [2.24, 2.45) is 0 Å². The first-order valence-corrected chi connectivity index (χ1v) is 9.99. The van der Waals surface area contributed by atoms with Crippen LogP contribution in [0.25, 0.3) is 17.3 Å². The first-order valence-electron chi connectivity index (χ1n) is 9.99. The zero-order chi connectivity index (χ0) is 21.6. The largest absolute Gasteiger partial charge is 0.494 e. The standard InChI is InChI=1S/C22H22N6O3/c1-3-19-26-22(31-27-19)16-9-10-23-20(11-16)28-13-18(25-14-28)21(29)24-12-15-5-7-17(8-6-15)30-4-2/h5-11,13-14H,3-4,12H2,1-2H3,(H,24,29). The van der Waals surface area contributed by atoms with Crippen molar-refractivity contribution in [3.8, 4) is 23.0 Å². The second-order valence-electron chi connectivity index (χ2n) is 6.70. The van der Waals surface area contributed by atoms with E-state index in [0.717, 1.165) is 16.9 Å². The van der Waals surface area contributed by atoms with Gasteiger partial charge in [-0.15, -0.1) is 0 Å². The van der Waals surface area contributed by atoms with Crippen LogP contribution in [0, 0.1) is 0 Å². The third-order valence-corrected chi connectivity index (χ3v) is 4.54. The van der Waals surface area contributed by atoms with Crippen LogP contribution in [0.5, 0.6) is 5.75 Å². The highest BCUT2D eigenvalue weighted by atomic mass is 16.5. The topological polar surface area (TPSA) is 108 Å². The number of benzene rings is 1. The van der Waals surface area contributed by atoms with E-state index in [-0.39, 0.29) is 5.91 Å². The van der Waals surface area contributed by atoms with E-state index >= 15 is 0 Å². The van der Waals surface area contributed by atoms with Crippen molar-refractivity contribution in [1.29, 1.82) is 0 Å². The summed E-state index contributed by atoms with van der Waals surface area (Å²) < 4.78 is 12.4. The molecule has 0 aliphatic carbocycles. The molecule has 0 spiro atoms. The molecular weight excluding hydrogens is 396 g/mol. The molecule has 0 radical (unpaired) electrons. The van der Waals surface area contributed by atoms with Crippen molar-refractivity contribution < 1.29 is 14.1 Å². The minimum atomic E-state index is -0.270. The molecule has 9 nitrogen and oxygen atoms in total. The summed E-state index contributed by atoms with van der Waals surface area (Å²) in [6.45, 7) is 4.90. The maximum absolute atomic E-state index is 12.5. The number of aryl methyl sites for hydroxylation is 1. The van der Waals surface area contributed by atoms with Crippen LogP contribution in [0.2, 0.25) is 0 Å². The maximum atomic E-state index is 12.5. The Morgan fingerprint density at radius 3 is 2.74 bits per heavy atom. The molecule has 0 saturated heterocycles. The predicted molar refractivity (Wildman–Crippen MR) is 113 cm³/mol. The minimum Gasteiger partial charge on any atom is -0.494 e. The lowest BCUT2D eigenvalue weighted by Gasteiger charge is -2.06. The number of aromatic nitrogens is 5. The lowest BCUT2D eigenvalue weighted by Crippen LogP contribution is -2.23. The number of hydrogen-bond acceptors (Lipinski definition) is 7. The van der Waals surface area contributed by atoms with Gasteiger partial charge in [0.05, 0.1) is 6.61 Å². The van der Waals surface area contributed by atoms with E-state index in [1.807, 2.05) is 38.1 Å². The number of carbonyl (C=O) groups is 1. The fourth-order valence-corrected chi connectivity index (χ4v) is 2.92. The Kier molecular flexibility index (Phi) is 6.02. The number of carbonyl (C=O) groups excluding carboxylic acids is 1. The van der Waals surface area contributed by atoms with Gasteiger partial charge in [-0.25, -0.2) is 9.97 Å². The summed E-state index contributed by atoms with van der Waals surface area (Å²) in [7, 11) is 0. The van der Waals surface area contributed by atoms with Gasteiger partial charge in [-0.2, -0.15) is 4.98 Å². The Bertz CT molecular complexity index is 1170. The first kappa shape index (κ1) is 20.3. The molecule has 158 valence electrons. The Morgan fingerprint density at radius 2 is 2.00 bits per heavy atom. The van der Waals surface area contributed by atoms with Gasteiger partial charge in [-0.1, -0.05) is 24.2 Å². The van der Waals surface area contributed by atoms with Gasteiger partial charge in [0.1, 0.15) is 23.6 Å². The normalized spacial score (nSPS) is 10.8. The van der Waals surface area contributed by atoms with Crippen LogP contribution >= 0.6 is 0 Å².